The van der Waals surface area contributed by atoms with Gasteiger partial charge in [-0.3, -0.25) is 0 Å². The van der Waals surface area contributed by atoms with Gasteiger partial charge in [0.1, 0.15) is 6.67 Å². The van der Waals surface area contributed by atoms with Crippen molar-refractivity contribution in [2.75, 3.05) is 19.8 Å². The average Bonchev–Trinajstić information content (AvgIpc) is 2.59. The molecule has 1 fully saturated rings. The van der Waals surface area contributed by atoms with E-state index in [2.05, 4.69) is 12.2 Å². The van der Waals surface area contributed by atoms with Gasteiger partial charge >= 0.3 is 0 Å². The lowest BCUT2D eigenvalue weighted by Crippen LogP contribution is -2.21. The number of alkyl halides is 1. The molecule has 78 valence electrons. The van der Waals surface area contributed by atoms with E-state index in [1.807, 2.05) is 0 Å². The van der Waals surface area contributed by atoms with Crippen molar-refractivity contribution in [3.05, 3.63) is 0 Å². The number of ether oxygens (including phenoxy) is 1. The third-order valence-corrected chi connectivity index (χ3v) is 2.52. The molecule has 0 amide bonds. The third kappa shape index (κ3) is 4.05. The summed E-state index contributed by atoms with van der Waals surface area (Å²) in [5, 5.41) is 3.40. The Hall–Kier alpha value is -0.150. The Morgan fingerprint density at radius 1 is 1.54 bits per heavy atom. The van der Waals surface area contributed by atoms with Gasteiger partial charge < -0.3 is 10.1 Å². The van der Waals surface area contributed by atoms with Crippen LogP contribution in [-0.2, 0) is 4.74 Å². The molecule has 1 saturated heterocycles. The molecule has 3 heteroatoms. The van der Waals surface area contributed by atoms with Gasteiger partial charge in [0.15, 0.2) is 0 Å². The third-order valence-electron chi connectivity index (χ3n) is 2.52. The van der Waals surface area contributed by atoms with E-state index in [0.717, 1.165) is 13.0 Å². The molecule has 2 nitrogen and oxygen atoms in total. The maximum Gasteiger partial charge on any atom is 0.113 e. The maximum atomic E-state index is 11.8. The number of hydrogen-bond acceptors (Lipinski definition) is 2. The van der Waals surface area contributed by atoms with Crippen molar-refractivity contribution >= 4 is 0 Å². The Bertz CT molecular complexity index is 118. The van der Waals surface area contributed by atoms with Crippen LogP contribution in [0.2, 0.25) is 0 Å². The minimum absolute atomic E-state index is 0.248. The van der Waals surface area contributed by atoms with Gasteiger partial charge in [-0.05, 0) is 12.8 Å². The lowest BCUT2D eigenvalue weighted by molar-refractivity contribution is 0.0555. The van der Waals surface area contributed by atoms with E-state index in [9.17, 15) is 4.39 Å². The minimum Gasteiger partial charge on any atom is -0.374 e. The predicted octanol–water partition coefficient (Wildman–Crippen LogP) is 1.89. The summed E-state index contributed by atoms with van der Waals surface area (Å²) in [6.45, 7) is 2.99. The van der Waals surface area contributed by atoms with Crippen molar-refractivity contribution in [1.82, 2.24) is 5.32 Å². The van der Waals surface area contributed by atoms with Crippen LogP contribution in [0.4, 0.5) is 4.39 Å². The molecule has 2 atom stereocenters. The van der Waals surface area contributed by atoms with Gasteiger partial charge in [0.2, 0.25) is 0 Å². The molecule has 0 aliphatic carbocycles. The normalized spacial score (nSPS) is 28.2. The second-order valence-corrected chi connectivity index (χ2v) is 3.66. The largest absolute Gasteiger partial charge is 0.374 e. The lowest BCUT2D eigenvalue weighted by atomic mass is 10.1. The van der Waals surface area contributed by atoms with Gasteiger partial charge in [0.25, 0.3) is 0 Å². The van der Waals surface area contributed by atoms with E-state index in [0.29, 0.717) is 6.04 Å². The Balaban J connectivity index is 2.05. The van der Waals surface area contributed by atoms with Gasteiger partial charge in [-0.2, -0.15) is 0 Å². The maximum absolute atomic E-state index is 11.8. The van der Waals surface area contributed by atoms with Crippen LogP contribution in [-0.4, -0.2) is 32.0 Å². The van der Waals surface area contributed by atoms with Gasteiger partial charge in [-0.25, -0.2) is 4.39 Å². The molecule has 2 unspecified atom stereocenters. The van der Waals surface area contributed by atoms with Gasteiger partial charge in [-0.15, -0.1) is 0 Å². The summed E-state index contributed by atoms with van der Waals surface area (Å²) >= 11 is 0. The molecule has 1 rings (SSSR count). The number of nitrogens with one attached hydrogen (secondary N) is 1. The summed E-state index contributed by atoms with van der Waals surface area (Å²) in [7, 11) is 0. The predicted molar refractivity (Wildman–Crippen MR) is 51.6 cm³/mol. The standard InChI is InChI=1S/C10H20FNO/c1-2-3-4-9-7-10(8-12-9)13-6-5-11/h9-10,12H,2-8H2,1H3. The molecule has 0 saturated carbocycles. The molecule has 1 heterocycles. The summed E-state index contributed by atoms with van der Waals surface area (Å²) in [5.74, 6) is 0. The molecule has 1 aliphatic rings. The molecule has 0 aromatic heterocycles. The monoisotopic (exact) mass is 189 g/mol. The molecule has 0 radical (unpaired) electrons. The topological polar surface area (TPSA) is 21.3 Å². The molecule has 0 aromatic rings. The van der Waals surface area contributed by atoms with Crippen molar-refractivity contribution in [2.45, 2.75) is 44.8 Å². The molecule has 0 spiro atoms. The van der Waals surface area contributed by atoms with E-state index in [-0.39, 0.29) is 19.4 Å². The fourth-order valence-electron chi connectivity index (χ4n) is 1.79. The smallest absolute Gasteiger partial charge is 0.113 e. The molecular weight excluding hydrogens is 169 g/mol. The fraction of sp³-hybridized carbons (Fsp3) is 1.00. The Morgan fingerprint density at radius 2 is 2.38 bits per heavy atom. The molecule has 13 heavy (non-hydrogen) atoms. The fourth-order valence-corrected chi connectivity index (χ4v) is 1.79. The molecule has 1 aliphatic heterocycles. The number of hydrogen-bond donors (Lipinski definition) is 1. The van der Waals surface area contributed by atoms with Crippen molar-refractivity contribution in [3.63, 3.8) is 0 Å². The second-order valence-electron chi connectivity index (χ2n) is 3.66. The highest BCUT2D eigenvalue weighted by molar-refractivity contribution is 4.81. The number of unbranched alkanes of at least 4 members (excludes halogenated alkanes) is 1. The van der Waals surface area contributed by atoms with Crippen molar-refractivity contribution in [3.8, 4) is 0 Å². The average molecular weight is 189 g/mol. The molecule has 0 bridgehead atoms. The van der Waals surface area contributed by atoms with Crippen LogP contribution in [0, 0.1) is 0 Å². The van der Waals surface area contributed by atoms with Crippen molar-refractivity contribution in [1.29, 1.82) is 0 Å². The number of rotatable bonds is 6. The van der Waals surface area contributed by atoms with Crippen LogP contribution >= 0.6 is 0 Å². The van der Waals surface area contributed by atoms with Gasteiger partial charge in [-0.1, -0.05) is 19.8 Å². The zero-order valence-electron chi connectivity index (χ0n) is 8.39. The van der Waals surface area contributed by atoms with Crippen LogP contribution in [0.5, 0.6) is 0 Å². The van der Waals surface area contributed by atoms with Crippen LogP contribution in [0.15, 0.2) is 0 Å². The lowest BCUT2D eigenvalue weighted by Gasteiger charge is -2.09. The van der Waals surface area contributed by atoms with E-state index in [1.54, 1.807) is 0 Å². The summed E-state index contributed by atoms with van der Waals surface area (Å²) in [4.78, 5) is 0. The molecule has 0 aromatic carbocycles. The van der Waals surface area contributed by atoms with E-state index in [4.69, 9.17) is 4.74 Å². The summed E-state index contributed by atoms with van der Waals surface area (Å²) < 4.78 is 17.1. The first kappa shape index (κ1) is 10.9. The van der Waals surface area contributed by atoms with Crippen LogP contribution in [0.3, 0.4) is 0 Å². The highest BCUT2D eigenvalue weighted by atomic mass is 19.1. The van der Waals surface area contributed by atoms with Gasteiger partial charge in [0, 0.05) is 12.6 Å². The quantitative estimate of drug-likeness (QED) is 0.689. The SMILES string of the molecule is CCCCC1CC(OCCF)CN1. The zero-order chi connectivity index (χ0) is 9.52. The van der Waals surface area contributed by atoms with Crippen molar-refractivity contribution in [2.24, 2.45) is 0 Å². The highest BCUT2D eigenvalue weighted by Gasteiger charge is 2.23. The van der Waals surface area contributed by atoms with E-state index < -0.39 is 0 Å². The molecular formula is C10H20FNO. The molecule has 1 N–H and O–H groups in total. The summed E-state index contributed by atoms with van der Waals surface area (Å²) in [6.07, 6.45) is 5.05. The summed E-state index contributed by atoms with van der Waals surface area (Å²) in [6, 6.07) is 0.601. The highest BCUT2D eigenvalue weighted by Crippen LogP contribution is 2.15. The van der Waals surface area contributed by atoms with Crippen LogP contribution < -0.4 is 5.32 Å². The first-order chi connectivity index (χ1) is 6.36. The Labute approximate surface area is 79.8 Å². The second kappa shape index (κ2) is 6.33. The van der Waals surface area contributed by atoms with Crippen LogP contribution in [0.1, 0.15) is 32.6 Å². The van der Waals surface area contributed by atoms with E-state index in [1.165, 1.54) is 19.3 Å². The Morgan fingerprint density at radius 3 is 3.08 bits per heavy atom. The van der Waals surface area contributed by atoms with Gasteiger partial charge in [0.05, 0.1) is 12.7 Å². The number of halogens is 1. The minimum atomic E-state index is -0.365. The van der Waals surface area contributed by atoms with Crippen LogP contribution in [0.25, 0.3) is 0 Å². The zero-order valence-corrected chi connectivity index (χ0v) is 8.39. The van der Waals surface area contributed by atoms with Crippen molar-refractivity contribution < 1.29 is 9.13 Å². The first-order valence-corrected chi connectivity index (χ1v) is 5.27. The van der Waals surface area contributed by atoms with E-state index >= 15 is 0 Å². The Kier molecular flexibility index (Phi) is 5.32. The summed E-state index contributed by atoms with van der Waals surface area (Å²) in [5.41, 5.74) is 0. The first-order valence-electron chi connectivity index (χ1n) is 5.27.